The van der Waals surface area contributed by atoms with Crippen molar-refractivity contribution < 1.29 is 27.1 Å². The van der Waals surface area contributed by atoms with E-state index in [4.69, 9.17) is 4.74 Å². The van der Waals surface area contributed by atoms with Crippen molar-refractivity contribution in [3.63, 3.8) is 0 Å². The van der Waals surface area contributed by atoms with E-state index in [1.165, 1.54) is 54.5 Å². The summed E-state index contributed by atoms with van der Waals surface area (Å²) in [5, 5.41) is 2.93. The molecule has 2 amide bonds. The quantitative estimate of drug-likeness (QED) is 0.321. The fraction of sp³-hybridized carbons (Fsp3) is 0.333. The van der Waals surface area contributed by atoms with Gasteiger partial charge in [-0.2, -0.15) is 0 Å². The molecule has 2 atom stereocenters. The third-order valence-corrected chi connectivity index (χ3v) is 8.39. The molecule has 3 aromatic carbocycles. The first-order chi connectivity index (χ1) is 19.1. The van der Waals surface area contributed by atoms with Crippen LogP contribution in [0.15, 0.2) is 83.8 Å². The maximum atomic E-state index is 14.0. The molecular weight excluding hydrogens is 533 g/mol. The molecule has 0 aliphatic carbocycles. The van der Waals surface area contributed by atoms with Crippen LogP contribution < -0.4 is 14.4 Å². The van der Waals surface area contributed by atoms with Crippen molar-refractivity contribution >= 4 is 27.5 Å². The summed E-state index contributed by atoms with van der Waals surface area (Å²) in [6.45, 7) is 5.01. The molecule has 0 aliphatic heterocycles. The Morgan fingerprint density at radius 1 is 0.950 bits per heavy atom. The monoisotopic (exact) mass is 569 g/mol. The zero-order chi connectivity index (χ0) is 29.3. The number of ether oxygens (including phenoxy) is 1. The van der Waals surface area contributed by atoms with Crippen molar-refractivity contribution in [1.29, 1.82) is 0 Å². The molecule has 0 heterocycles. The fourth-order valence-corrected chi connectivity index (χ4v) is 5.59. The molecule has 0 saturated carbocycles. The second-order valence-corrected chi connectivity index (χ2v) is 11.3. The van der Waals surface area contributed by atoms with Crippen LogP contribution in [0.5, 0.6) is 5.75 Å². The lowest BCUT2D eigenvalue weighted by atomic mass is 10.1. The maximum absolute atomic E-state index is 14.0. The van der Waals surface area contributed by atoms with Crippen LogP contribution >= 0.6 is 0 Å². The molecular formula is C30H36FN3O5S. The minimum absolute atomic E-state index is 0.0110. The molecule has 8 nitrogen and oxygen atoms in total. The SMILES string of the molecule is CC[C@@H](C)NC(=O)[C@@H](CC)N(Cc1ccc(F)cc1)C(=O)CN(c1cccc(OC)c1)S(=O)(=O)c1ccccc1. The molecule has 0 radical (unpaired) electrons. The van der Waals surface area contributed by atoms with E-state index < -0.39 is 34.3 Å². The van der Waals surface area contributed by atoms with Gasteiger partial charge in [-0.05, 0) is 61.7 Å². The fourth-order valence-electron chi connectivity index (χ4n) is 4.16. The number of nitrogens with zero attached hydrogens (tertiary/aromatic N) is 2. The van der Waals surface area contributed by atoms with Crippen LogP contribution in [0.3, 0.4) is 0 Å². The summed E-state index contributed by atoms with van der Waals surface area (Å²) in [6, 6.07) is 18.9. The van der Waals surface area contributed by atoms with Gasteiger partial charge in [-0.25, -0.2) is 12.8 Å². The van der Waals surface area contributed by atoms with Crippen molar-refractivity contribution in [2.75, 3.05) is 18.0 Å². The first-order valence-corrected chi connectivity index (χ1v) is 14.6. The van der Waals surface area contributed by atoms with E-state index in [2.05, 4.69) is 5.32 Å². The molecule has 1 N–H and O–H groups in total. The van der Waals surface area contributed by atoms with Crippen LogP contribution in [0.1, 0.15) is 39.2 Å². The van der Waals surface area contributed by atoms with Crippen LogP contribution in [0, 0.1) is 5.82 Å². The third-order valence-electron chi connectivity index (χ3n) is 6.60. The summed E-state index contributed by atoms with van der Waals surface area (Å²) >= 11 is 0. The molecule has 10 heteroatoms. The number of carbonyl (C=O) groups excluding carboxylic acids is 2. The number of anilines is 1. The zero-order valence-electron chi connectivity index (χ0n) is 23.2. The number of methoxy groups -OCH3 is 1. The molecule has 40 heavy (non-hydrogen) atoms. The highest BCUT2D eigenvalue weighted by molar-refractivity contribution is 7.92. The smallest absolute Gasteiger partial charge is 0.264 e. The lowest BCUT2D eigenvalue weighted by Gasteiger charge is -2.33. The van der Waals surface area contributed by atoms with Crippen LogP contribution in [-0.2, 0) is 26.2 Å². The minimum Gasteiger partial charge on any atom is -0.497 e. The lowest BCUT2D eigenvalue weighted by molar-refractivity contribution is -0.140. The van der Waals surface area contributed by atoms with Gasteiger partial charge in [-0.3, -0.25) is 13.9 Å². The molecule has 0 bridgehead atoms. The van der Waals surface area contributed by atoms with E-state index in [0.29, 0.717) is 24.2 Å². The highest BCUT2D eigenvalue weighted by Crippen LogP contribution is 2.27. The molecule has 0 spiro atoms. The molecule has 0 saturated heterocycles. The van der Waals surface area contributed by atoms with Crippen LogP contribution in [0.25, 0.3) is 0 Å². The van der Waals surface area contributed by atoms with Crippen molar-refractivity contribution in [2.45, 2.75) is 57.1 Å². The summed E-state index contributed by atoms with van der Waals surface area (Å²) in [7, 11) is -2.72. The zero-order valence-corrected chi connectivity index (χ0v) is 24.0. The number of nitrogens with one attached hydrogen (secondary N) is 1. The standard InChI is InChI=1S/C30H36FN3O5S/c1-5-22(3)32-30(36)28(6-2)33(20-23-15-17-24(31)18-16-23)29(35)21-34(25-11-10-12-26(19-25)39-4)40(37,38)27-13-8-7-9-14-27/h7-19,22,28H,5-6,20-21H2,1-4H3,(H,32,36)/t22-,28-/m1/s1. The van der Waals surface area contributed by atoms with Gasteiger partial charge in [0, 0.05) is 18.7 Å². The summed E-state index contributed by atoms with van der Waals surface area (Å²) < 4.78 is 47.6. The van der Waals surface area contributed by atoms with E-state index in [1.807, 2.05) is 13.8 Å². The lowest BCUT2D eigenvalue weighted by Crippen LogP contribution is -2.53. The van der Waals surface area contributed by atoms with E-state index >= 15 is 0 Å². The first kappa shape index (κ1) is 30.6. The summed E-state index contributed by atoms with van der Waals surface area (Å²) in [4.78, 5) is 28.7. The Morgan fingerprint density at radius 2 is 1.62 bits per heavy atom. The van der Waals surface area contributed by atoms with Crippen molar-refractivity contribution in [1.82, 2.24) is 10.2 Å². The Morgan fingerprint density at radius 3 is 2.23 bits per heavy atom. The topological polar surface area (TPSA) is 96.0 Å². The number of carbonyl (C=O) groups is 2. The Balaban J connectivity index is 2.06. The van der Waals surface area contributed by atoms with Gasteiger partial charge < -0.3 is 15.0 Å². The Kier molecular flexibility index (Phi) is 10.7. The molecule has 0 aromatic heterocycles. The largest absolute Gasteiger partial charge is 0.497 e. The minimum atomic E-state index is -4.18. The average molecular weight is 570 g/mol. The molecule has 0 aliphatic rings. The van der Waals surface area contributed by atoms with Gasteiger partial charge in [0.15, 0.2) is 0 Å². The van der Waals surface area contributed by atoms with Gasteiger partial charge in [-0.1, -0.05) is 50.2 Å². The van der Waals surface area contributed by atoms with Gasteiger partial charge in [0.05, 0.1) is 17.7 Å². The number of halogens is 1. The number of sulfonamides is 1. The van der Waals surface area contributed by atoms with Crippen LogP contribution in [0.4, 0.5) is 10.1 Å². The van der Waals surface area contributed by atoms with Gasteiger partial charge in [0.1, 0.15) is 24.2 Å². The molecule has 214 valence electrons. The predicted molar refractivity (Wildman–Crippen MR) is 153 cm³/mol. The van der Waals surface area contributed by atoms with Crippen molar-refractivity contribution in [3.05, 3.63) is 90.2 Å². The van der Waals surface area contributed by atoms with Gasteiger partial charge in [-0.15, -0.1) is 0 Å². The Hall–Kier alpha value is -3.92. The van der Waals surface area contributed by atoms with Crippen molar-refractivity contribution in [3.8, 4) is 5.75 Å². The predicted octanol–water partition coefficient (Wildman–Crippen LogP) is 4.75. The molecule has 0 fully saturated rings. The van der Waals surface area contributed by atoms with E-state index in [1.54, 1.807) is 43.3 Å². The Labute approximate surface area is 235 Å². The van der Waals surface area contributed by atoms with E-state index in [0.717, 1.165) is 4.31 Å². The summed E-state index contributed by atoms with van der Waals surface area (Å²) in [5.74, 6) is -0.939. The van der Waals surface area contributed by atoms with E-state index in [-0.39, 0.29) is 29.1 Å². The normalized spacial score (nSPS) is 12.7. The van der Waals surface area contributed by atoms with Crippen LogP contribution in [0.2, 0.25) is 0 Å². The number of benzene rings is 3. The van der Waals surface area contributed by atoms with Gasteiger partial charge in [0.2, 0.25) is 11.8 Å². The maximum Gasteiger partial charge on any atom is 0.264 e. The second-order valence-electron chi connectivity index (χ2n) is 9.42. The Bertz CT molecular complexity index is 1380. The highest BCUT2D eigenvalue weighted by atomic mass is 32.2. The van der Waals surface area contributed by atoms with E-state index in [9.17, 15) is 22.4 Å². The van der Waals surface area contributed by atoms with Crippen molar-refractivity contribution in [2.24, 2.45) is 0 Å². The highest BCUT2D eigenvalue weighted by Gasteiger charge is 2.34. The molecule has 3 aromatic rings. The summed E-state index contributed by atoms with van der Waals surface area (Å²) in [6.07, 6.45) is 0.993. The van der Waals surface area contributed by atoms with Gasteiger partial charge in [0.25, 0.3) is 10.0 Å². The first-order valence-electron chi connectivity index (χ1n) is 13.2. The average Bonchev–Trinajstić information content (AvgIpc) is 2.96. The van der Waals surface area contributed by atoms with Gasteiger partial charge >= 0.3 is 0 Å². The number of rotatable bonds is 13. The summed E-state index contributed by atoms with van der Waals surface area (Å²) in [5.41, 5.74) is 0.832. The number of amides is 2. The number of hydrogen-bond acceptors (Lipinski definition) is 5. The third kappa shape index (κ3) is 7.59. The second kappa shape index (κ2) is 13.9. The molecule has 0 unspecified atom stereocenters. The number of hydrogen-bond donors (Lipinski definition) is 1. The molecule has 3 rings (SSSR count). The van der Waals surface area contributed by atoms with Crippen LogP contribution in [-0.4, -0.2) is 50.9 Å².